The molecule has 2 rings (SSSR count). The van der Waals surface area contributed by atoms with Crippen molar-refractivity contribution in [2.75, 3.05) is 38.5 Å². The summed E-state index contributed by atoms with van der Waals surface area (Å²) in [7, 11) is 2.23. The van der Waals surface area contributed by atoms with E-state index in [2.05, 4.69) is 60.3 Å². The Morgan fingerprint density at radius 1 is 1.14 bits per heavy atom. The van der Waals surface area contributed by atoms with Crippen LogP contribution in [0, 0.1) is 0 Å². The van der Waals surface area contributed by atoms with Crippen molar-refractivity contribution in [1.29, 1.82) is 0 Å². The normalized spacial score (nSPS) is 20.5. The van der Waals surface area contributed by atoms with E-state index in [0.29, 0.717) is 6.04 Å². The van der Waals surface area contributed by atoms with Crippen LogP contribution in [0.5, 0.6) is 0 Å². The topological polar surface area (TPSA) is 18.5 Å². The standard InChI is InChI=1S/C18H31N3/c1-4-21(5-2)15-16-9-6-7-11-18(16)19-17-10-8-13-20(3)14-12-17/h6-7,9,11,17,19H,4-5,8,10,12-15H2,1-3H3. The van der Waals surface area contributed by atoms with Gasteiger partial charge < -0.3 is 10.2 Å². The molecule has 1 fully saturated rings. The minimum absolute atomic E-state index is 0.618. The number of para-hydroxylation sites is 1. The molecule has 1 aromatic rings. The number of nitrogens with one attached hydrogen (secondary N) is 1. The summed E-state index contributed by atoms with van der Waals surface area (Å²) in [4.78, 5) is 4.92. The van der Waals surface area contributed by atoms with Crippen LogP contribution in [0.2, 0.25) is 0 Å². The fraction of sp³-hybridized carbons (Fsp3) is 0.667. The Hall–Kier alpha value is -1.06. The van der Waals surface area contributed by atoms with E-state index in [4.69, 9.17) is 0 Å². The molecule has 21 heavy (non-hydrogen) atoms. The lowest BCUT2D eigenvalue weighted by atomic mass is 10.1. The largest absolute Gasteiger partial charge is 0.382 e. The lowest BCUT2D eigenvalue weighted by molar-refractivity contribution is 0.296. The molecule has 0 aromatic heterocycles. The first kappa shape index (κ1) is 16.3. The van der Waals surface area contributed by atoms with Crippen molar-refractivity contribution in [1.82, 2.24) is 9.80 Å². The summed E-state index contributed by atoms with van der Waals surface area (Å²) in [5.41, 5.74) is 2.76. The molecular weight excluding hydrogens is 258 g/mol. The van der Waals surface area contributed by atoms with Gasteiger partial charge in [-0.25, -0.2) is 0 Å². The molecule has 1 aromatic carbocycles. The van der Waals surface area contributed by atoms with Crippen LogP contribution >= 0.6 is 0 Å². The first-order valence-corrected chi connectivity index (χ1v) is 8.48. The number of anilines is 1. The molecule has 0 spiro atoms. The van der Waals surface area contributed by atoms with Crippen molar-refractivity contribution < 1.29 is 0 Å². The second kappa shape index (κ2) is 8.40. The van der Waals surface area contributed by atoms with Gasteiger partial charge in [0.25, 0.3) is 0 Å². The fourth-order valence-electron chi connectivity index (χ4n) is 3.09. The van der Waals surface area contributed by atoms with Crippen molar-refractivity contribution in [3.8, 4) is 0 Å². The van der Waals surface area contributed by atoms with Gasteiger partial charge in [0.2, 0.25) is 0 Å². The average molecular weight is 289 g/mol. The molecule has 3 nitrogen and oxygen atoms in total. The van der Waals surface area contributed by atoms with Gasteiger partial charge in [-0.05, 0) is 64.1 Å². The van der Waals surface area contributed by atoms with E-state index in [9.17, 15) is 0 Å². The smallest absolute Gasteiger partial charge is 0.0388 e. The summed E-state index contributed by atoms with van der Waals surface area (Å²) in [5.74, 6) is 0. The number of nitrogens with zero attached hydrogens (tertiary/aromatic N) is 2. The fourth-order valence-corrected chi connectivity index (χ4v) is 3.09. The summed E-state index contributed by atoms with van der Waals surface area (Å²) in [5, 5.41) is 3.81. The SMILES string of the molecule is CCN(CC)Cc1ccccc1NC1CCCN(C)CC1. The predicted molar refractivity (Wildman–Crippen MR) is 91.8 cm³/mol. The van der Waals surface area contributed by atoms with Crippen LogP contribution in [-0.2, 0) is 6.54 Å². The summed E-state index contributed by atoms with van der Waals surface area (Å²) in [6.07, 6.45) is 3.83. The van der Waals surface area contributed by atoms with E-state index < -0.39 is 0 Å². The highest BCUT2D eigenvalue weighted by Crippen LogP contribution is 2.21. The second-order valence-electron chi connectivity index (χ2n) is 6.19. The minimum Gasteiger partial charge on any atom is -0.382 e. The van der Waals surface area contributed by atoms with Crippen LogP contribution < -0.4 is 5.32 Å². The van der Waals surface area contributed by atoms with Gasteiger partial charge in [-0.2, -0.15) is 0 Å². The van der Waals surface area contributed by atoms with E-state index in [-0.39, 0.29) is 0 Å². The number of rotatable bonds is 6. The first-order valence-electron chi connectivity index (χ1n) is 8.48. The monoisotopic (exact) mass is 289 g/mol. The molecule has 3 heteroatoms. The molecule has 1 N–H and O–H groups in total. The van der Waals surface area contributed by atoms with E-state index >= 15 is 0 Å². The van der Waals surface area contributed by atoms with Crippen LogP contribution in [0.3, 0.4) is 0 Å². The van der Waals surface area contributed by atoms with Crippen LogP contribution in [-0.4, -0.2) is 49.1 Å². The van der Waals surface area contributed by atoms with Gasteiger partial charge in [0.05, 0.1) is 0 Å². The Morgan fingerprint density at radius 3 is 2.67 bits per heavy atom. The van der Waals surface area contributed by atoms with E-state index in [1.807, 2.05) is 0 Å². The predicted octanol–water partition coefficient (Wildman–Crippen LogP) is 3.42. The third kappa shape index (κ3) is 5.01. The molecule has 1 atom stereocenters. The maximum absolute atomic E-state index is 3.81. The first-order chi connectivity index (χ1) is 10.2. The van der Waals surface area contributed by atoms with E-state index in [1.54, 1.807) is 0 Å². The van der Waals surface area contributed by atoms with Gasteiger partial charge in [-0.3, -0.25) is 4.90 Å². The molecule has 0 radical (unpaired) electrons. The van der Waals surface area contributed by atoms with Gasteiger partial charge >= 0.3 is 0 Å². The van der Waals surface area contributed by atoms with Gasteiger partial charge in [0, 0.05) is 18.3 Å². The van der Waals surface area contributed by atoms with Gasteiger partial charge in [-0.1, -0.05) is 32.0 Å². The maximum Gasteiger partial charge on any atom is 0.0388 e. The van der Waals surface area contributed by atoms with Crippen LogP contribution in [0.15, 0.2) is 24.3 Å². The van der Waals surface area contributed by atoms with E-state index in [1.165, 1.54) is 43.6 Å². The molecule has 0 bridgehead atoms. The zero-order valence-electron chi connectivity index (χ0n) is 13.9. The van der Waals surface area contributed by atoms with Gasteiger partial charge in [0.15, 0.2) is 0 Å². The van der Waals surface area contributed by atoms with Gasteiger partial charge in [-0.15, -0.1) is 0 Å². The molecular formula is C18H31N3. The molecule has 0 saturated carbocycles. The zero-order chi connectivity index (χ0) is 15.1. The Balaban J connectivity index is 2.02. The molecule has 1 heterocycles. The van der Waals surface area contributed by atoms with Crippen LogP contribution in [0.1, 0.15) is 38.7 Å². The Kier molecular flexibility index (Phi) is 6.52. The molecule has 1 saturated heterocycles. The summed E-state index contributed by atoms with van der Waals surface area (Å²) >= 11 is 0. The van der Waals surface area contributed by atoms with Crippen LogP contribution in [0.4, 0.5) is 5.69 Å². The number of hydrogen-bond acceptors (Lipinski definition) is 3. The Morgan fingerprint density at radius 2 is 1.90 bits per heavy atom. The summed E-state index contributed by atoms with van der Waals surface area (Å²) in [6, 6.07) is 9.44. The molecule has 0 aliphatic carbocycles. The third-order valence-electron chi connectivity index (χ3n) is 4.62. The highest BCUT2D eigenvalue weighted by molar-refractivity contribution is 5.51. The average Bonchev–Trinajstić information content (AvgIpc) is 2.71. The van der Waals surface area contributed by atoms with Crippen molar-refractivity contribution in [2.24, 2.45) is 0 Å². The number of benzene rings is 1. The zero-order valence-corrected chi connectivity index (χ0v) is 13.9. The number of likely N-dealkylation sites (tertiary alicyclic amines) is 1. The Labute approximate surface area is 130 Å². The summed E-state index contributed by atoms with van der Waals surface area (Å²) in [6.45, 7) is 10.2. The number of hydrogen-bond donors (Lipinski definition) is 1. The lowest BCUT2D eigenvalue weighted by Gasteiger charge is -2.23. The van der Waals surface area contributed by atoms with E-state index in [0.717, 1.165) is 19.6 Å². The second-order valence-corrected chi connectivity index (χ2v) is 6.19. The molecule has 118 valence electrons. The molecule has 1 aliphatic rings. The maximum atomic E-state index is 3.81. The molecule has 0 amide bonds. The molecule has 1 aliphatic heterocycles. The third-order valence-corrected chi connectivity index (χ3v) is 4.62. The molecule has 1 unspecified atom stereocenters. The highest BCUT2D eigenvalue weighted by atomic mass is 15.1. The Bertz CT molecular complexity index is 415. The summed E-state index contributed by atoms with van der Waals surface area (Å²) < 4.78 is 0. The van der Waals surface area contributed by atoms with Crippen molar-refractivity contribution in [2.45, 2.75) is 45.7 Å². The quantitative estimate of drug-likeness (QED) is 0.865. The highest BCUT2D eigenvalue weighted by Gasteiger charge is 2.16. The van der Waals surface area contributed by atoms with Crippen molar-refractivity contribution >= 4 is 5.69 Å². The lowest BCUT2D eigenvalue weighted by Crippen LogP contribution is -2.25. The van der Waals surface area contributed by atoms with Crippen LogP contribution in [0.25, 0.3) is 0 Å². The minimum atomic E-state index is 0.618. The van der Waals surface area contributed by atoms with Gasteiger partial charge in [0.1, 0.15) is 0 Å². The van der Waals surface area contributed by atoms with Crippen molar-refractivity contribution in [3.63, 3.8) is 0 Å². The van der Waals surface area contributed by atoms with Crippen molar-refractivity contribution in [3.05, 3.63) is 29.8 Å².